The van der Waals surface area contributed by atoms with Crippen LogP contribution < -0.4 is 10.2 Å². The molecule has 0 radical (unpaired) electrons. The summed E-state index contributed by atoms with van der Waals surface area (Å²) < 4.78 is 33.3. The largest absolute Gasteiger partial charge is 0.338 e. The number of likely N-dealkylation sites (tertiary alicyclic amines) is 1. The number of imide groups is 2. The van der Waals surface area contributed by atoms with Gasteiger partial charge in [0.05, 0.1) is 29.9 Å². The number of carbonyl (C=O) groups is 5. The van der Waals surface area contributed by atoms with Crippen LogP contribution in [0.3, 0.4) is 0 Å². The second kappa shape index (κ2) is 14.9. The molecule has 11 rings (SSSR count). The van der Waals surface area contributed by atoms with E-state index < -0.39 is 30.2 Å². The second-order valence-corrected chi connectivity index (χ2v) is 19.2. The van der Waals surface area contributed by atoms with Gasteiger partial charge in [0, 0.05) is 99.2 Å². The average molecular weight is 860 g/mol. The van der Waals surface area contributed by atoms with Crippen molar-refractivity contribution in [1.82, 2.24) is 39.6 Å². The molecule has 3 fully saturated rings. The van der Waals surface area contributed by atoms with Gasteiger partial charge in [-0.15, -0.1) is 0 Å². The smallest absolute Gasteiger partial charge is 0.264 e. The first-order valence-electron chi connectivity index (χ1n) is 22.5. The van der Waals surface area contributed by atoms with Gasteiger partial charge < -0.3 is 14.7 Å². The summed E-state index contributed by atoms with van der Waals surface area (Å²) in [5.74, 6) is -0.560. The number of alkyl halides is 2. The van der Waals surface area contributed by atoms with E-state index in [0.717, 1.165) is 115 Å². The van der Waals surface area contributed by atoms with E-state index in [1.165, 1.54) is 0 Å². The first-order valence-corrected chi connectivity index (χ1v) is 22.5. The highest BCUT2D eigenvalue weighted by Gasteiger charge is 2.50. The number of anilines is 2. The summed E-state index contributed by atoms with van der Waals surface area (Å²) in [6.07, 6.45) is 9.12. The SMILES string of the molecule is CC(=O)N1CCc2c(c(N3CCCc4cc(-c5cnn(C)c5)c(C(F)F)cc43)nn2C2CCC(CN3CC4(Cc5cc6c(cc5C4)C(=O)N(C4CCC(=O)NC4=O)C6=O)C3)CC2)C1. The highest BCUT2D eigenvalue weighted by molar-refractivity contribution is 6.23. The molecule has 5 amide bonds. The molecule has 4 aromatic rings. The number of fused-ring (bicyclic) bond motifs is 4. The minimum absolute atomic E-state index is 0.0153. The van der Waals surface area contributed by atoms with Crippen molar-refractivity contribution in [3.8, 4) is 11.1 Å². The lowest BCUT2D eigenvalue weighted by Crippen LogP contribution is -2.58. The van der Waals surface area contributed by atoms with E-state index in [1.807, 2.05) is 23.1 Å². The lowest BCUT2D eigenvalue weighted by Gasteiger charge is -2.50. The summed E-state index contributed by atoms with van der Waals surface area (Å²) in [5.41, 5.74) is 8.11. The van der Waals surface area contributed by atoms with E-state index in [4.69, 9.17) is 5.10 Å². The van der Waals surface area contributed by atoms with Crippen molar-refractivity contribution >= 4 is 41.0 Å². The van der Waals surface area contributed by atoms with Gasteiger partial charge in [-0.2, -0.15) is 10.2 Å². The number of amides is 5. The number of piperidine rings is 1. The number of aromatic nitrogens is 4. The molecular weight excluding hydrogens is 809 g/mol. The van der Waals surface area contributed by atoms with Gasteiger partial charge in [-0.1, -0.05) is 0 Å². The summed E-state index contributed by atoms with van der Waals surface area (Å²) >= 11 is 0. The molecule has 7 aliphatic rings. The maximum absolute atomic E-state index is 14.7. The van der Waals surface area contributed by atoms with E-state index >= 15 is 0 Å². The summed E-state index contributed by atoms with van der Waals surface area (Å²) in [6, 6.07) is 6.55. The van der Waals surface area contributed by atoms with Gasteiger partial charge in [-0.3, -0.25) is 43.6 Å². The molecule has 5 aliphatic heterocycles. The molecule has 2 aliphatic carbocycles. The quantitative estimate of drug-likeness (QED) is 0.240. The zero-order valence-electron chi connectivity index (χ0n) is 35.7. The topological polar surface area (TPSA) is 146 Å². The Morgan fingerprint density at radius 2 is 1.60 bits per heavy atom. The number of nitrogens with one attached hydrogen (secondary N) is 1. The second-order valence-electron chi connectivity index (χ2n) is 19.2. The Kier molecular flexibility index (Phi) is 9.48. The van der Waals surface area contributed by atoms with Crippen LogP contribution in [0.2, 0.25) is 0 Å². The number of rotatable bonds is 7. The minimum Gasteiger partial charge on any atom is -0.338 e. The first kappa shape index (κ1) is 40.0. The normalized spacial score (nSPS) is 24.1. The number of aryl methyl sites for hydroxylation is 2. The van der Waals surface area contributed by atoms with Crippen molar-refractivity contribution in [3.63, 3.8) is 0 Å². The van der Waals surface area contributed by atoms with Crippen molar-refractivity contribution in [2.75, 3.05) is 37.6 Å². The Balaban J connectivity index is 0.764. The molecular formula is C47H51F2N9O5. The van der Waals surface area contributed by atoms with Gasteiger partial charge in [0.25, 0.3) is 18.2 Å². The number of hydrogen-bond donors (Lipinski definition) is 1. The van der Waals surface area contributed by atoms with Crippen LogP contribution in [-0.4, -0.2) is 103 Å². The number of hydrogen-bond acceptors (Lipinski definition) is 9. The highest BCUT2D eigenvalue weighted by atomic mass is 19.3. The zero-order valence-corrected chi connectivity index (χ0v) is 35.7. The number of benzene rings is 2. The Morgan fingerprint density at radius 3 is 2.25 bits per heavy atom. The van der Waals surface area contributed by atoms with Gasteiger partial charge in [0.2, 0.25) is 17.7 Å². The maximum Gasteiger partial charge on any atom is 0.264 e. The molecule has 16 heteroatoms. The predicted molar refractivity (Wildman–Crippen MR) is 226 cm³/mol. The molecule has 1 N–H and O–H groups in total. The van der Waals surface area contributed by atoms with Crippen molar-refractivity contribution < 1.29 is 32.8 Å². The van der Waals surface area contributed by atoms with Crippen LogP contribution >= 0.6 is 0 Å². The molecule has 1 atom stereocenters. The van der Waals surface area contributed by atoms with Crippen molar-refractivity contribution in [2.24, 2.45) is 18.4 Å². The van der Waals surface area contributed by atoms with E-state index in [1.54, 1.807) is 37.1 Å². The van der Waals surface area contributed by atoms with Crippen LogP contribution in [0.5, 0.6) is 0 Å². The standard InChI is InChI=1S/C47H51F2N9O5/c1-26(59)55-13-11-38-37(23-55)43(56-12-3-4-28-14-33(31-20-50-53(2)22-31)34(42(48)49)17-40(28)56)52-58(38)32-7-5-27(6-8-32)21-54-24-47(25-54)18-29-15-35-36(16-30(29)19-47)46(63)57(45(35)62)39-9-10-41(60)51-44(39)61/h14-17,20,22,27,32,39,42H,3-13,18-19,21,23-25H2,1-2H3,(H,51,60,61). The van der Waals surface area contributed by atoms with E-state index in [2.05, 4.69) is 24.9 Å². The fourth-order valence-electron chi connectivity index (χ4n) is 12.1. The van der Waals surface area contributed by atoms with Crippen molar-refractivity contribution in [3.05, 3.63) is 81.3 Å². The van der Waals surface area contributed by atoms with Gasteiger partial charge in [0.1, 0.15) is 6.04 Å². The lowest BCUT2D eigenvalue weighted by molar-refractivity contribution is -0.136. The third-order valence-corrected chi connectivity index (χ3v) is 15.1. The predicted octanol–water partition coefficient (Wildman–Crippen LogP) is 5.44. The fraction of sp³-hybridized carbons (Fsp3) is 0.511. The Bertz CT molecular complexity index is 2570. The highest BCUT2D eigenvalue weighted by Crippen LogP contribution is 2.48. The van der Waals surface area contributed by atoms with Crippen LogP contribution in [0.15, 0.2) is 36.7 Å². The number of carbonyl (C=O) groups excluding carboxylic acids is 5. The molecule has 1 saturated carbocycles. The maximum atomic E-state index is 14.7. The lowest BCUT2D eigenvalue weighted by atomic mass is 9.75. The minimum atomic E-state index is -2.66. The van der Waals surface area contributed by atoms with Crippen LogP contribution in [0.4, 0.5) is 20.3 Å². The van der Waals surface area contributed by atoms with E-state index in [-0.39, 0.29) is 41.7 Å². The van der Waals surface area contributed by atoms with E-state index in [9.17, 15) is 32.8 Å². The molecule has 7 heterocycles. The summed E-state index contributed by atoms with van der Waals surface area (Å²) in [7, 11) is 1.78. The molecule has 328 valence electrons. The molecule has 2 aromatic heterocycles. The van der Waals surface area contributed by atoms with Crippen LogP contribution in [0.1, 0.15) is 119 Å². The van der Waals surface area contributed by atoms with E-state index in [0.29, 0.717) is 54.2 Å². The summed E-state index contributed by atoms with van der Waals surface area (Å²) in [6.45, 7) is 6.28. The Morgan fingerprint density at radius 1 is 0.889 bits per heavy atom. The zero-order chi connectivity index (χ0) is 43.5. The monoisotopic (exact) mass is 859 g/mol. The average Bonchev–Trinajstić information content (AvgIpc) is 4.02. The number of halogens is 2. The third kappa shape index (κ3) is 6.69. The molecule has 14 nitrogen and oxygen atoms in total. The molecule has 2 saturated heterocycles. The Hall–Kier alpha value is -5.77. The molecule has 1 spiro atoms. The summed E-state index contributed by atoms with van der Waals surface area (Å²) in [5, 5.41) is 11.9. The van der Waals surface area contributed by atoms with Crippen molar-refractivity contribution in [2.45, 2.75) is 103 Å². The van der Waals surface area contributed by atoms with Crippen LogP contribution in [0, 0.1) is 11.3 Å². The Labute approximate surface area is 363 Å². The molecule has 0 bridgehead atoms. The van der Waals surface area contributed by atoms with Gasteiger partial charge >= 0.3 is 0 Å². The first-order chi connectivity index (χ1) is 30.3. The fourth-order valence-corrected chi connectivity index (χ4v) is 12.1. The van der Waals surface area contributed by atoms with Crippen LogP contribution in [-0.2, 0) is 53.7 Å². The van der Waals surface area contributed by atoms with Gasteiger partial charge in [-0.25, -0.2) is 8.78 Å². The van der Waals surface area contributed by atoms with Gasteiger partial charge in [0.15, 0.2) is 5.82 Å². The number of nitrogens with zero attached hydrogens (tertiary/aromatic N) is 8. The molecule has 63 heavy (non-hydrogen) atoms. The summed E-state index contributed by atoms with van der Waals surface area (Å²) in [4.78, 5) is 71.4. The molecule has 1 unspecified atom stereocenters. The van der Waals surface area contributed by atoms with Gasteiger partial charge in [-0.05, 0) is 110 Å². The molecule has 2 aromatic carbocycles. The van der Waals surface area contributed by atoms with Crippen LogP contribution in [0.25, 0.3) is 11.1 Å². The third-order valence-electron chi connectivity index (χ3n) is 15.1. The van der Waals surface area contributed by atoms with Crippen molar-refractivity contribution in [1.29, 1.82) is 0 Å².